The van der Waals surface area contributed by atoms with E-state index in [9.17, 15) is 4.79 Å². The molecule has 0 aliphatic carbocycles. The minimum absolute atomic E-state index is 0.0881. The van der Waals surface area contributed by atoms with Crippen molar-refractivity contribution in [3.63, 3.8) is 0 Å². The average Bonchev–Trinajstić information content (AvgIpc) is 3.19. The lowest BCUT2D eigenvalue weighted by Gasteiger charge is -2.40. The Morgan fingerprint density at radius 3 is 2.48 bits per heavy atom. The van der Waals surface area contributed by atoms with Gasteiger partial charge in [-0.15, -0.1) is 0 Å². The molecular weight excluding hydrogens is 262 g/mol. The molecule has 1 unspecified atom stereocenters. The van der Waals surface area contributed by atoms with Crippen molar-refractivity contribution >= 4 is 5.91 Å². The summed E-state index contributed by atoms with van der Waals surface area (Å²) in [5.41, 5.74) is -0.0881. The Hall–Kier alpha value is -0.610. The summed E-state index contributed by atoms with van der Waals surface area (Å²) in [7, 11) is 0. The van der Waals surface area contributed by atoms with E-state index in [4.69, 9.17) is 0 Å². The highest BCUT2D eigenvalue weighted by Gasteiger charge is 2.43. The van der Waals surface area contributed by atoms with Gasteiger partial charge in [-0.05, 0) is 58.2 Å². The van der Waals surface area contributed by atoms with Crippen molar-refractivity contribution in [3.8, 4) is 0 Å². The number of rotatable bonds is 4. The first-order valence-electron chi connectivity index (χ1n) is 8.99. The lowest BCUT2D eigenvalue weighted by Crippen LogP contribution is -2.51. The zero-order chi connectivity index (χ0) is 14.7. The Kier molecular flexibility index (Phi) is 4.85. The molecule has 0 aromatic heterocycles. The van der Waals surface area contributed by atoms with Crippen LogP contribution in [-0.2, 0) is 4.79 Å². The van der Waals surface area contributed by atoms with Gasteiger partial charge in [0.25, 0.3) is 0 Å². The monoisotopic (exact) mass is 293 g/mol. The number of carbonyl (C=O) groups excluding carboxylic acids is 1. The van der Waals surface area contributed by atoms with Gasteiger partial charge in [0.15, 0.2) is 0 Å². The van der Waals surface area contributed by atoms with Crippen molar-refractivity contribution in [2.75, 3.05) is 39.3 Å². The van der Waals surface area contributed by atoms with Gasteiger partial charge in [-0.1, -0.05) is 13.3 Å². The smallest absolute Gasteiger partial charge is 0.230 e. The van der Waals surface area contributed by atoms with E-state index in [1.165, 1.54) is 38.8 Å². The Balaban J connectivity index is 1.56. The molecule has 0 bridgehead atoms. The van der Waals surface area contributed by atoms with E-state index in [1.807, 2.05) is 0 Å². The predicted octanol–water partition coefficient (Wildman–Crippen LogP) is 1.85. The zero-order valence-corrected chi connectivity index (χ0v) is 13.6. The van der Waals surface area contributed by atoms with Crippen LogP contribution in [0.25, 0.3) is 0 Å². The molecule has 21 heavy (non-hydrogen) atoms. The summed E-state index contributed by atoms with van der Waals surface area (Å²) in [4.78, 5) is 17.8. The van der Waals surface area contributed by atoms with Crippen LogP contribution in [0.3, 0.4) is 0 Å². The van der Waals surface area contributed by atoms with Gasteiger partial charge in [0.1, 0.15) is 0 Å². The van der Waals surface area contributed by atoms with E-state index < -0.39 is 0 Å². The second-order valence-electron chi connectivity index (χ2n) is 7.22. The van der Waals surface area contributed by atoms with Gasteiger partial charge >= 0.3 is 0 Å². The van der Waals surface area contributed by atoms with E-state index in [2.05, 4.69) is 22.0 Å². The second kappa shape index (κ2) is 6.66. The van der Waals surface area contributed by atoms with Crippen LogP contribution in [0.4, 0.5) is 0 Å². The molecule has 3 aliphatic heterocycles. The zero-order valence-electron chi connectivity index (χ0n) is 13.6. The Morgan fingerprint density at radius 2 is 1.90 bits per heavy atom. The molecule has 0 aromatic rings. The van der Waals surface area contributed by atoms with Crippen molar-refractivity contribution < 1.29 is 4.79 Å². The first-order chi connectivity index (χ1) is 10.2. The number of hydrogen-bond donors (Lipinski definition) is 1. The Morgan fingerprint density at radius 1 is 1.19 bits per heavy atom. The summed E-state index contributed by atoms with van der Waals surface area (Å²) < 4.78 is 0. The van der Waals surface area contributed by atoms with Crippen LogP contribution in [0.2, 0.25) is 0 Å². The van der Waals surface area contributed by atoms with Crippen molar-refractivity contribution in [1.82, 2.24) is 15.1 Å². The third kappa shape index (κ3) is 3.11. The number of amides is 1. The molecular formula is C17H31N3O. The van der Waals surface area contributed by atoms with Crippen LogP contribution in [0.15, 0.2) is 0 Å². The van der Waals surface area contributed by atoms with Crippen LogP contribution in [-0.4, -0.2) is 61.0 Å². The van der Waals surface area contributed by atoms with Gasteiger partial charge in [-0.25, -0.2) is 0 Å². The van der Waals surface area contributed by atoms with Gasteiger partial charge < -0.3 is 15.1 Å². The van der Waals surface area contributed by atoms with E-state index >= 15 is 0 Å². The third-order valence-electron chi connectivity index (χ3n) is 5.83. The Bertz CT molecular complexity index is 351. The standard InChI is InChI=1S/C17H31N3O/c1-2-7-17(8-9-18-14-17)16(21)20-12-5-15(6-13-20)19-10-3-4-11-19/h15,18H,2-14H2,1H3. The van der Waals surface area contributed by atoms with E-state index in [0.717, 1.165) is 51.5 Å². The van der Waals surface area contributed by atoms with Crippen LogP contribution in [0.5, 0.6) is 0 Å². The van der Waals surface area contributed by atoms with E-state index in [-0.39, 0.29) is 5.41 Å². The van der Waals surface area contributed by atoms with Crippen molar-refractivity contribution in [3.05, 3.63) is 0 Å². The van der Waals surface area contributed by atoms with Crippen molar-refractivity contribution in [2.45, 2.75) is 57.9 Å². The molecule has 0 spiro atoms. The molecule has 120 valence electrons. The molecule has 4 nitrogen and oxygen atoms in total. The summed E-state index contributed by atoms with van der Waals surface area (Å²) in [5.74, 6) is 0.439. The highest BCUT2D eigenvalue weighted by atomic mass is 16.2. The fourth-order valence-electron chi connectivity index (χ4n) is 4.60. The molecule has 0 aromatic carbocycles. The summed E-state index contributed by atoms with van der Waals surface area (Å²) in [5, 5.41) is 3.42. The van der Waals surface area contributed by atoms with Crippen LogP contribution < -0.4 is 5.32 Å². The summed E-state index contributed by atoms with van der Waals surface area (Å²) >= 11 is 0. The molecule has 0 saturated carbocycles. The van der Waals surface area contributed by atoms with E-state index in [1.54, 1.807) is 0 Å². The van der Waals surface area contributed by atoms with Gasteiger partial charge in [-0.3, -0.25) is 4.79 Å². The number of carbonyl (C=O) groups is 1. The fourth-order valence-corrected chi connectivity index (χ4v) is 4.60. The van der Waals surface area contributed by atoms with Gasteiger partial charge in [0.05, 0.1) is 5.41 Å². The second-order valence-corrected chi connectivity index (χ2v) is 7.22. The predicted molar refractivity (Wildman–Crippen MR) is 85.2 cm³/mol. The van der Waals surface area contributed by atoms with E-state index in [0.29, 0.717) is 5.91 Å². The normalized spacial score (nSPS) is 32.0. The third-order valence-corrected chi connectivity index (χ3v) is 5.83. The van der Waals surface area contributed by atoms with Crippen molar-refractivity contribution in [1.29, 1.82) is 0 Å². The summed E-state index contributed by atoms with van der Waals surface area (Å²) in [6.07, 6.45) is 8.28. The van der Waals surface area contributed by atoms with Gasteiger partial charge in [-0.2, -0.15) is 0 Å². The molecule has 3 heterocycles. The molecule has 1 N–H and O–H groups in total. The molecule has 1 amide bonds. The highest BCUT2D eigenvalue weighted by molar-refractivity contribution is 5.83. The maximum atomic E-state index is 13.0. The highest BCUT2D eigenvalue weighted by Crippen LogP contribution is 2.34. The van der Waals surface area contributed by atoms with Crippen LogP contribution in [0.1, 0.15) is 51.9 Å². The molecule has 0 radical (unpaired) electrons. The number of hydrogen-bond acceptors (Lipinski definition) is 3. The first kappa shape index (κ1) is 15.3. The number of likely N-dealkylation sites (tertiary alicyclic amines) is 2. The minimum Gasteiger partial charge on any atom is -0.342 e. The quantitative estimate of drug-likeness (QED) is 0.859. The fraction of sp³-hybridized carbons (Fsp3) is 0.941. The van der Waals surface area contributed by atoms with Crippen LogP contribution in [0, 0.1) is 5.41 Å². The summed E-state index contributed by atoms with van der Waals surface area (Å²) in [6, 6.07) is 0.736. The number of piperidine rings is 1. The topological polar surface area (TPSA) is 35.6 Å². The first-order valence-corrected chi connectivity index (χ1v) is 8.99. The van der Waals surface area contributed by atoms with Crippen molar-refractivity contribution in [2.24, 2.45) is 5.41 Å². The summed E-state index contributed by atoms with van der Waals surface area (Å²) in [6.45, 7) is 8.62. The lowest BCUT2D eigenvalue weighted by molar-refractivity contribution is -0.143. The van der Waals surface area contributed by atoms with Gasteiger partial charge in [0, 0.05) is 25.7 Å². The molecule has 1 atom stereocenters. The maximum Gasteiger partial charge on any atom is 0.230 e. The average molecular weight is 293 g/mol. The largest absolute Gasteiger partial charge is 0.342 e. The Labute approximate surface area is 129 Å². The SMILES string of the molecule is CCCC1(C(=O)N2CCC(N3CCCC3)CC2)CCNC1. The number of nitrogens with one attached hydrogen (secondary N) is 1. The maximum absolute atomic E-state index is 13.0. The number of nitrogens with zero attached hydrogens (tertiary/aromatic N) is 2. The molecule has 3 fully saturated rings. The van der Waals surface area contributed by atoms with Gasteiger partial charge in [0.2, 0.25) is 5.91 Å². The minimum atomic E-state index is -0.0881. The molecule has 3 aliphatic rings. The molecule has 3 saturated heterocycles. The molecule has 3 rings (SSSR count). The molecule has 4 heteroatoms. The lowest BCUT2D eigenvalue weighted by atomic mass is 9.80. The van der Waals surface area contributed by atoms with Crippen LogP contribution >= 0.6 is 0 Å².